The van der Waals surface area contributed by atoms with Crippen molar-refractivity contribution in [1.82, 2.24) is 19.5 Å². The Balaban J connectivity index is 2.01. The van der Waals surface area contributed by atoms with Gasteiger partial charge in [0.15, 0.2) is 5.65 Å². The Morgan fingerprint density at radius 2 is 2.00 bits per heavy atom. The third-order valence-electron chi connectivity index (χ3n) is 3.56. The quantitative estimate of drug-likeness (QED) is 0.666. The molecule has 118 valence electrons. The number of nitrogens with zero attached hydrogens (tertiary/aromatic N) is 4. The average Bonchev–Trinajstić information content (AvgIpc) is 2.95. The molecular formula is C16H15N4O2S-. The normalized spacial score (nSPS) is 12.4. The third-order valence-corrected chi connectivity index (χ3v) is 4.56. The minimum atomic E-state index is -1.14. The van der Waals surface area contributed by atoms with Crippen molar-refractivity contribution in [2.45, 2.75) is 36.2 Å². The number of benzene rings is 1. The van der Waals surface area contributed by atoms with Gasteiger partial charge >= 0.3 is 0 Å². The van der Waals surface area contributed by atoms with Gasteiger partial charge in [0.25, 0.3) is 0 Å². The number of carboxylic acids is 1. The fourth-order valence-corrected chi connectivity index (χ4v) is 3.16. The summed E-state index contributed by atoms with van der Waals surface area (Å²) >= 11 is 1.48. The van der Waals surface area contributed by atoms with Gasteiger partial charge in [-0.15, -0.1) is 0 Å². The maximum absolute atomic E-state index is 11.3. The zero-order chi connectivity index (χ0) is 16.4. The highest BCUT2D eigenvalue weighted by molar-refractivity contribution is 7.99. The first-order valence-corrected chi connectivity index (χ1v) is 8.04. The fraction of sp³-hybridized carbons (Fsp3) is 0.250. The number of carbonyl (C=O) groups excluding carboxylic acids is 1. The molecule has 1 unspecified atom stereocenters. The Morgan fingerprint density at radius 1 is 1.26 bits per heavy atom. The molecule has 0 spiro atoms. The first-order chi connectivity index (χ1) is 11.1. The van der Waals surface area contributed by atoms with Gasteiger partial charge in [-0.2, -0.15) is 0 Å². The van der Waals surface area contributed by atoms with E-state index in [1.54, 1.807) is 6.92 Å². The van der Waals surface area contributed by atoms with Gasteiger partial charge in [0.2, 0.25) is 0 Å². The van der Waals surface area contributed by atoms with Crippen molar-refractivity contribution in [1.29, 1.82) is 0 Å². The van der Waals surface area contributed by atoms with E-state index in [1.807, 2.05) is 31.2 Å². The van der Waals surface area contributed by atoms with E-state index in [4.69, 9.17) is 0 Å². The number of fused-ring (bicyclic) bond motifs is 1. The molecule has 0 aliphatic heterocycles. The smallest absolute Gasteiger partial charge is 0.165 e. The van der Waals surface area contributed by atoms with Crippen molar-refractivity contribution in [3.8, 4) is 0 Å². The van der Waals surface area contributed by atoms with Crippen LogP contribution in [0.1, 0.15) is 24.9 Å². The molecule has 23 heavy (non-hydrogen) atoms. The Morgan fingerprint density at radius 3 is 2.65 bits per heavy atom. The number of rotatable bonds is 5. The zero-order valence-electron chi connectivity index (χ0n) is 12.8. The minimum absolute atomic E-state index is 0.401. The highest BCUT2D eigenvalue weighted by Gasteiger charge is 2.17. The Kier molecular flexibility index (Phi) is 4.29. The summed E-state index contributed by atoms with van der Waals surface area (Å²) in [5.74, 6) is -1.14. The molecular weight excluding hydrogens is 312 g/mol. The standard InChI is InChI=1S/C16H16N4O2S/c1-3-12(16(21)22)20-9-19-13-14(20)17-8-18-15(13)23-11-6-4-10(2)5-7-11/h4-9,12H,3H2,1-2H3,(H,21,22)/p-1. The van der Waals surface area contributed by atoms with Crippen LogP contribution in [0, 0.1) is 6.92 Å². The third kappa shape index (κ3) is 3.05. The van der Waals surface area contributed by atoms with Gasteiger partial charge in [-0.25, -0.2) is 15.0 Å². The SMILES string of the molecule is CCC(C(=O)[O-])n1cnc2c(Sc3ccc(C)cc3)ncnc21. The Hall–Kier alpha value is -2.41. The number of aliphatic carboxylic acids is 1. The van der Waals surface area contributed by atoms with E-state index in [1.165, 1.54) is 34.5 Å². The minimum Gasteiger partial charge on any atom is -0.548 e. The van der Waals surface area contributed by atoms with E-state index in [0.717, 1.165) is 4.90 Å². The molecule has 0 bridgehead atoms. The number of carbonyl (C=O) groups is 1. The largest absolute Gasteiger partial charge is 0.548 e. The highest BCUT2D eigenvalue weighted by Crippen LogP contribution is 2.31. The maximum Gasteiger partial charge on any atom is 0.165 e. The van der Waals surface area contributed by atoms with Crippen LogP contribution in [0.3, 0.4) is 0 Å². The summed E-state index contributed by atoms with van der Waals surface area (Å²) in [4.78, 5) is 25.1. The van der Waals surface area contributed by atoms with Gasteiger partial charge in [-0.1, -0.05) is 36.4 Å². The Labute approximate surface area is 137 Å². The predicted molar refractivity (Wildman–Crippen MR) is 85.0 cm³/mol. The van der Waals surface area contributed by atoms with Crippen LogP contribution in [-0.2, 0) is 4.79 Å². The van der Waals surface area contributed by atoms with Gasteiger partial charge in [0, 0.05) is 4.90 Å². The molecule has 0 saturated carbocycles. The van der Waals surface area contributed by atoms with Gasteiger partial charge in [-0.3, -0.25) is 0 Å². The van der Waals surface area contributed by atoms with E-state index in [-0.39, 0.29) is 0 Å². The number of hydrogen-bond donors (Lipinski definition) is 0. The van der Waals surface area contributed by atoms with E-state index in [2.05, 4.69) is 15.0 Å². The second-order valence-corrected chi connectivity index (χ2v) is 6.22. The maximum atomic E-state index is 11.3. The average molecular weight is 327 g/mol. The van der Waals surface area contributed by atoms with Crippen LogP contribution < -0.4 is 5.11 Å². The van der Waals surface area contributed by atoms with Crippen molar-refractivity contribution in [2.24, 2.45) is 0 Å². The summed E-state index contributed by atoms with van der Waals surface area (Å²) in [5, 5.41) is 12.0. The van der Waals surface area contributed by atoms with E-state index >= 15 is 0 Å². The monoisotopic (exact) mass is 327 g/mol. The summed E-state index contributed by atoms with van der Waals surface area (Å²) in [5.41, 5.74) is 2.29. The van der Waals surface area contributed by atoms with Gasteiger partial charge in [0.1, 0.15) is 16.9 Å². The van der Waals surface area contributed by atoms with Crippen LogP contribution in [0.15, 0.2) is 46.8 Å². The number of aromatic nitrogens is 4. The molecule has 0 radical (unpaired) electrons. The zero-order valence-corrected chi connectivity index (χ0v) is 13.6. The van der Waals surface area contributed by atoms with Crippen LogP contribution in [0.2, 0.25) is 0 Å². The van der Waals surface area contributed by atoms with E-state index < -0.39 is 12.0 Å². The second-order valence-electron chi connectivity index (χ2n) is 5.16. The summed E-state index contributed by atoms with van der Waals surface area (Å²) in [6, 6.07) is 7.31. The molecule has 0 N–H and O–H groups in total. The molecule has 1 aromatic carbocycles. The lowest BCUT2D eigenvalue weighted by Gasteiger charge is -2.17. The van der Waals surface area contributed by atoms with Crippen LogP contribution in [0.5, 0.6) is 0 Å². The van der Waals surface area contributed by atoms with Gasteiger partial charge in [0.05, 0.1) is 18.3 Å². The summed E-state index contributed by atoms with van der Waals surface area (Å²) in [6.07, 6.45) is 3.32. The molecule has 2 aromatic heterocycles. The summed E-state index contributed by atoms with van der Waals surface area (Å²) in [7, 11) is 0. The topological polar surface area (TPSA) is 83.7 Å². The molecule has 0 amide bonds. The lowest BCUT2D eigenvalue weighted by molar-refractivity contribution is -0.310. The number of hydrogen-bond acceptors (Lipinski definition) is 6. The van der Waals surface area contributed by atoms with E-state index in [9.17, 15) is 9.90 Å². The van der Waals surface area contributed by atoms with Crippen LogP contribution in [-0.4, -0.2) is 25.5 Å². The summed E-state index contributed by atoms with van der Waals surface area (Å²) in [6.45, 7) is 3.82. The van der Waals surface area contributed by atoms with Crippen molar-refractivity contribution in [3.05, 3.63) is 42.5 Å². The fourth-order valence-electron chi connectivity index (χ4n) is 2.33. The van der Waals surface area contributed by atoms with Crippen LogP contribution in [0.4, 0.5) is 0 Å². The summed E-state index contributed by atoms with van der Waals surface area (Å²) < 4.78 is 1.53. The van der Waals surface area contributed by atoms with Gasteiger partial charge in [-0.05, 0) is 25.5 Å². The molecule has 2 heterocycles. The molecule has 0 saturated heterocycles. The van der Waals surface area contributed by atoms with Gasteiger partial charge < -0.3 is 14.5 Å². The first-order valence-electron chi connectivity index (χ1n) is 7.23. The lowest BCUT2D eigenvalue weighted by Crippen LogP contribution is -2.32. The number of carboxylic acid groups (broad SMARTS) is 1. The molecule has 3 aromatic rings. The second kappa shape index (κ2) is 6.37. The molecule has 3 rings (SSSR count). The number of aryl methyl sites for hydroxylation is 1. The van der Waals surface area contributed by atoms with E-state index in [0.29, 0.717) is 22.6 Å². The highest BCUT2D eigenvalue weighted by atomic mass is 32.2. The molecule has 0 fully saturated rings. The molecule has 0 aliphatic carbocycles. The molecule has 1 atom stereocenters. The van der Waals surface area contributed by atoms with Crippen molar-refractivity contribution in [2.75, 3.05) is 0 Å². The molecule has 0 aliphatic rings. The van der Waals surface area contributed by atoms with Crippen molar-refractivity contribution < 1.29 is 9.90 Å². The molecule has 7 heteroatoms. The lowest BCUT2D eigenvalue weighted by atomic mass is 10.2. The first kappa shape index (κ1) is 15.5. The van der Waals surface area contributed by atoms with Crippen molar-refractivity contribution >= 4 is 28.9 Å². The predicted octanol–water partition coefficient (Wildman–Crippen LogP) is 1.99. The number of imidazole rings is 1. The molecule has 6 nitrogen and oxygen atoms in total. The van der Waals surface area contributed by atoms with Crippen LogP contribution in [0.25, 0.3) is 11.2 Å². The van der Waals surface area contributed by atoms with Crippen molar-refractivity contribution in [3.63, 3.8) is 0 Å². The Bertz CT molecular complexity index is 845. The van der Waals surface area contributed by atoms with Crippen LogP contribution >= 0.6 is 11.8 Å².